The van der Waals surface area contributed by atoms with Gasteiger partial charge < -0.3 is 14.6 Å². The van der Waals surface area contributed by atoms with Gasteiger partial charge in [-0.3, -0.25) is 0 Å². The fourth-order valence-electron chi connectivity index (χ4n) is 7.71. The Bertz CT molecular complexity index is 1450. The maximum absolute atomic E-state index is 15.4. The standard InChI is InChI=1S/C41H53F3O5/c1-5-6-7-8-33-17-20-36(39(44)38(33)43)35-19-18-34(22-37(35)42)32-15-13-31(14-16-32)30-11-9-28(10-12-30)21-29(24-48-40(46)26(2)3)25-49-41(47)27(4)23-45/h17-20,22,28-32,45H,2,4-16,21,23-25H2,1,3H3. The molecular weight excluding hydrogens is 629 g/mol. The van der Waals surface area contributed by atoms with Crippen molar-refractivity contribution < 1.29 is 37.3 Å². The molecule has 0 spiro atoms. The smallest absolute Gasteiger partial charge is 0.335 e. The summed E-state index contributed by atoms with van der Waals surface area (Å²) in [6.07, 6.45) is 12.4. The zero-order valence-electron chi connectivity index (χ0n) is 29.2. The number of carbonyl (C=O) groups is 2. The van der Waals surface area contributed by atoms with Crippen LogP contribution >= 0.6 is 0 Å². The van der Waals surface area contributed by atoms with Crippen LogP contribution in [0.5, 0.6) is 0 Å². The number of aliphatic hydroxyl groups is 1. The van der Waals surface area contributed by atoms with E-state index in [1.165, 1.54) is 12.1 Å². The second kappa shape index (κ2) is 18.6. The van der Waals surface area contributed by atoms with Crippen LogP contribution in [0.2, 0.25) is 0 Å². The van der Waals surface area contributed by atoms with Crippen LogP contribution in [-0.4, -0.2) is 36.9 Å². The van der Waals surface area contributed by atoms with Gasteiger partial charge in [-0.1, -0.05) is 70.0 Å². The zero-order valence-corrected chi connectivity index (χ0v) is 29.2. The summed E-state index contributed by atoms with van der Waals surface area (Å²) in [5.41, 5.74) is 1.62. The number of esters is 2. The molecule has 2 aliphatic carbocycles. The predicted octanol–water partition coefficient (Wildman–Crippen LogP) is 9.80. The van der Waals surface area contributed by atoms with Gasteiger partial charge in [0.2, 0.25) is 0 Å². The third-order valence-electron chi connectivity index (χ3n) is 10.7. The Labute approximate surface area is 290 Å². The van der Waals surface area contributed by atoms with Crippen LogP contribution in [0.4, 0.5) is 13.2 Å². The van der Waals surface area contributed by atoms with E-state index < -0.39 is 36.0 Å². The Kier molecular flexibility index (Phi) is 14.5. The summed E-state index contributed by atoms with van der Waals surface area (Å²) in [5, 5.41) is 9.16. The second-order valence-corrected chi connectivity index (χ2v) is 14.3. The molecule has 5 nitrogen and oxygen atoms in total. The van der Waals surface area contributed by atoms with E-state index in [2.05, 4.69) is 20.1 Å². The third-order valence-corrected chi connectivity index (χ3v) is 10.7. The molecule has 2 aromatic carbocycles. The number of hydrogen-bond donors (Lipinski definition) is 1. The fraction of sp³-hybridized carbons (Fsp3) is 0.561. The first-order valence-electron chi connectivity index (χ1n) is 18.1. The average Bonchev–Trinajstić information content (AvgIpc) is 3.11. The Morgan fingerprint density at radius 1 is 0.837 bits per heavy atom. The van der Waals surface area contributed by atoms with Crippen molar-refractivity contribution in [2.45, 2.75) is 103 Å². The first-order chi connectivity index (χ1) is 23.5. The van der Waals surface area contributed by atoms with Crippen LogP contribution in [0.15, 0.2) is 54.6 Å². The molecule has 4 rings (SSSR count). The van der Waals surface area contributed by atoms with Crippen LogP contribution in [0.1, 0.15) is 108 Å². The van der Waals surface area contributed by atoms with E-state index in [0.717, 1.165) is 82.6 Å². The second-order valence-electron chi connectivity index (χ2n) is 14.3. The summed E-state index contributed by atoms with van der Waals surface area (Å²) in [6, 6.07) is 8.08. The van der Waals surface area contributed by atoms with E-state index >= 15 is 4.39 Å². The minimum Gasteiger partial charge on any atom is -0.462 e. The third kappa shape index (κ3) is 10.6. The molecule has 0 bridgehead atoms. The van der Waals surface area contributed by atoms with Crippen LogP contribution in [0, 0.1) is 41.1 Å². The molecule has 0 amide bonds. The molecule has 1 N–H and O–H groups in total. The number of rotatable bonds is 16. The van der Waals surface area contributed by atoms with E-state index in [4.69, 9.17) is 14.6 Å². The SMILES string of the molecule is C=C(C)C(=O)OCC(COC(=O)C(=C)CO)CC1CCC(C2CCC(c3ccc(-c4ccc(CCCCC)c(F)c4F)c(F)c3)CC2)CC1. The number of aryl methyl sites for hydroxylation is 1. The summed E-state index contributed by atoms with van der Waals surface area (Å²) in [4.78, 5) is 24.1. The molecule has 1 atom stereocenters. The summed E-state index contributed by atoms with van der Waals surface area (Å²) in [5.74, 6) is -1.74. The van der Waals surface area contributed by atoms with Crippen molar-refractivity contribution in [1.82, 2.24) is 0 Å². The minimum atomic E-state index is -0.981. The first-order valence-corrected chi connectivity index (χ1v) is 18.1. The Balaban J connectivity index is 1.28. The van der Waals surface area contributed by atoms with E-state index in [1.54, 1.807) is 19.1 Å². The normalized spacial score (nSPS) is 21.5. The summed E-state index contributed by atoms with van der Waals surface area (Å²) >= 11 is 0. The Hall–Kier alpha value is -3.39. The lowest BCUT2D eigenvalue weighted by Gasteiger charge is -2.38. The highest BCUT2D eigenvalue weighted by Gasteiger charge is 2.33. The number of aliphatic hydroxyl groups excluding tert-OH is 1. The molecule has 0 saturated heterocycles. The van der Waals surface area contributed by atoms with Crippen LogP contribution in [-0.2, 0) is 25.5 Å². The summed E-state index contributed by atoms with van der Waals surface area (Å²) in [7, 11) is 0. The highest BCUT2D eigenvalue weighted by atomic mass is 19.2. The van der Waals surface area contributed by atoms with Gasteiger partial charge in [-0.2, -0.15) is 0 Å². The molecule has 2 aromatic rings. The predicted molar refractivity (Wildman–Crippen MR) is 186 cm³/mol. The zero-order chi connectivity index (χ0) is 35.5. The number of halogens is 3. The lowest BCUT2D eigenvalue weighted by atomic mass is 9.67. The maximum Gasteiger partial charge on any atom is 0.335 e. The molecule has 0 aliphatic heterocycles. The molecule has 2 aliphatic rings. The molecular formula is C41H53F3O5. The van der Waals surface area contributed by atoms with E-state index in [0.29, 0.717) is 35.3 Å². The van der Waals surface area contributed by atoms with Gasteiger partial charge in [0.15, 0.2) is 11.6 Å². The monoisotopic (exact) mass is 682 g/mol. The van der Waals surface area contributed by atoms with Crippen molar-refractivity contribution in [3.8, 4) is 11.1 Å². The Morgan fingerprint density at radius 3 is 2.04 bits per heavy atom. The van der Waals surface area contributed by atoms with Crippen LogP contribution in [0.25, 0.3) is 11.1 Å². The number of unbranched alkanes of at least 4 members (excludes halogenated alkanes) is 2. The van der Waals surface area contributed by atoms with Crippen molar-refractivity contribution in [1.29, 1.82) is 0 Å². The Morgan fingerprint density at radius 2 is 1.45 bits per heavy atom. The molecule has 2 saturated carbocycles. The van der Waals surface area contributed by atoms with Gasteiger partial charge in [-0.05, 0) is 106 Å². The largest absolute Gasteiger partial charge is 0.462 e. The highest BCUT2D eigenvalue weighted by molar-refractivity contribution is 5.88. The topological polar surface area (TPSA) is 72.8 Å². The molecule has 268 valence electrons. The molecule has 0 heterocycles. The molecule has 8 heteroatoms. The van der Waals surface area contributed by atoms with Gasteiger partial charge in [0, 0.05) is 22.6 Å². The first kappa shape index (κ1) is 38.4. The molecule has 0 radical (unpaired) electrons. The number of benzene rings is 2. The van der Waals surface area contributed by atoms with Gasteiger partial charge in [0.05, 0.1) is 25.4 Å². The van der Waals surface area contributed by atoms with Crippen LogP contribution in [0.3, 0.4) is 0 Å². The van der Waals surface area contributed by atoms with E-state index in [1.807, 2.05) is 6.07 Å². The fourth-order valence-corrected chi connectivity index (χ4v) is 7.71. The molecule has 1 unspecified atom stereocenters. The number of ether oxygens (including phenoxy) is 2. The summed E-state index contributed by atoms with van der Waals surface area (Å²) < 4.78 is 55.9. The van der Waals surface area contributed by atoms with Crippen molar-refractivity contribution in [3.05, 3.63) is 83.2 Å². The highest BCUT2D eigenvalue weighted by Crippen LogP contribution is 2.45. The van der Waals surface area contributed by atoms with Gasteiger partial charge in [0.25, 0.3) is 0 Å². The van der Waals surface area contributed by atoms with Gasteiger partial charge in [-0.25, -0.2) is 22.8 Å². The molecule has 49 heavy (non-hydrogen) atoms. The average molecular weight is 683 g/mol. The summed E-state index contributed by atoms with van der Waals surface area (Å²) in [6.45, 7) is 10.5. The maximum atomic E-state index is 15.4. The van der Waals surface area contributed by atoms with Gasteiger partial charge >= 0.3 is 11.9 Å². The van der Waals surface area contributed by atoms with Crippen LogP contribution < -0.4 is 0 Å². The van der Waals surface area contributed by atoms with E-state index in [9.17, 15) is 18.4 Å². The van der Waals surface area contributed by atoms with Crippen molar-refractivity contribution in [2.75, 3.05) is 19.8 Å². The number of carbonyl (C=O) groups excluding carboxylic acids is 2. The molecule has 2 fully saturated rings. The minimum absolute atomic E-state index is 0.0132. The lowest BCUT2D eigenvalue weighted by Crippen LogP contribution is -2.28. The van der Waals surface area contributed by atoms with Crippen molar-refractivity contribution in [2.24, 2.45) is 23.7 Å². The quantitative estimate of drug-likeness (QED) is 0.108. The number of hydrogen-bond acceptors (Lipinski definition) is 5. The van der Waals surface area contributed by atoms with Gasteiger partial charge in [0.1, 0.15) is 5.82 Å². The van der Waals surface area contributed by atoms with Gasteiger partial charge in [-0.15, -0.1) is 0 Å². The van der Waals surface area contributed by atoms with E-state index in [-0.39, 0.29) is 41.7 Å². The molecule has 0 aromatic heterocycles. The van der Waals surface area contributed by atoms with Crippen molar-refractivity contribution >= 4 is 11.9 Å². The lowest BCUT2D eigenvalue weighted by molar-refractivity contribution is -0.144. The van der Waals surface area contributed by atoms with Crippen molar-refractivity contribution in [3.63, 3.8) is 0 Å².